The Hall–Kier alpha value is -1.60. The number of rotatable bonds is 4. The van der Waals surface area contributed by atoms with Crippen LogP contribution >= 0.6 is 0 Å². The summed E-state index contributed by atoms with van der Waals surface area (Å²) in [6.07, 6.45) is 1.42. The minimum atomic E-state index is 0.330. The average Bonchev–Trinajstić information content (AvgIpc) is 2.85. The second-order valence-electron chi connectivity index (χ2n) is 5.03. The number of pyridine rings is 1. The summed E-state index contributed by atoms with van der Waals surface area (Å²) in [4.78, 5) is 4.21. The SMILES string of the molecule is CC(C)[C@H]1OCC[C@@H]1CNc1cccc(C#N)n1. The van der Waals surface area contributed by atoms with Crippen molar-refractivity contribution in [2.75, 3.05) is 18.5 Å². The predicted octanol–water partition coefficient (Wildman–Crippen LogP) is 2.43. The number of anilines is 1. The normalized spacial score (nSPS) is 23.0. The minimum absolute atomic E-state index is 0.330. The van der Waals surface area contributed by atoms with Crippen LogP contribution in [0.1, 0.15) is 26.0 Å². The fourth-order valence-electron chi connectivity index (χ4n) is 2.44. The Bertz CT molecular complexity index is 439. The lowest BCUT2D eigenvalue weighted by Crippen LogP contribution is -2.28. The number of hydrogen-bond acceptors (Lipinski definition) is 4. The van der Waals surface area contributed by atoms with Crippen molar-refractivity contribution in [2.24, 2.45) is 11.8 Å². The maximum absolute atomic E-state index is 8.80. The molecule has 1 saturated heterocycles. The first-order chi connectivity index (χ1) is 8.70. The van der Waals surface area contributed by atoms with E-state index in [9.17, 15) is 0 Å². The van der Waals surface area contributed by atoms with E-state index in [2.05, 4.69) is 24.1 Å². The molecule has 1 aromatic heterocycles. The van der Waals surface area contributed by atoms with Gasteiger partial charge in [-0.3, -0.25) is 0 Å². The van der Waals surface area contributed by atoms with Crippen LogP contribution in [0.15, 0.2) is 18.2 Å². The fourth-order valence-corrected chi connectivity index (χ4v) is 2.44. The van der Waals surface area contributed by atoms with Gasteiger partial charge in [-0.25, -0.2) is 4.98 Å². The third kappa shape index (κ3) is 2.99. The first-order valence-corrected chi connectivity index (χ1v) is 6.43. The molecule has 1 aromatic rings. The summed E-state index contributed by atoms with van der Waals surface area (Å²) in [6.45, 7) is 6.08. The smallest absolute Gasteiger partial charge is 0.142 e. The van der Waals surface area contributed by atoms with Crippen molar-refractivity contribution < 1.29 is 4.74 Å². The number of ether oxygens (including phenoxy) is 1. The van der Waals surface area contributed by atoms with Crippen LogP contribution in [-0.2, 0) is 4.74 Å². The van der Waals surface area contributed by atoms with Gasteiger partial charge in [-0.05, 0) is 24.5 Å². The van der Waals surface area contributed by atoms with E-state index in [0.717, 1.165) is 25.4 Å². The summed E-state index contributed by atoms with van der Waals surface area (Å²) in [5.41, 5.74) is 0.447. The lowest BCUT2D eigenvalue weighted by atomic mass is 9.93. The molecule has 0 saturated carbocycles. The molecular formula is C14H19N3O. The van der Waals surface area contributed by atoms with Crippen molar-refractivity contribution in [3.63, 3.8) is 0 Å². The van der Waals surface area contributed by atoms with Crippen LogP contribution in [0.2, 0.25) is 0 Å². The Morgan fingerprint density at radius 1 is 1.56 bits per heavy atom. The number of aromatic nitrogens is 1. The molecule has 4 heteroatoms. The van der Waals surface area contributed by atoms with Crippen LogP contribution in [0.3, 0.4) is 0 Å². The van der Waals surface area contributed by atoms with Gasteiger partial charge in [0.25, 0.3) is 0 Å². The van der Waals surface area contributed by atoms with E-state index >= 15 is 0 Å². The van der Waals surface area contributed by atoms with Crippen LogP contribution in [0.25, 0.3) is 0 Å². The second-order valence-corrected chi connectivity index (χ2v) is 5.03. The summed E-state index contributed by atoms with van der Waals surface area (Å²) in [5.74, 6) is 1.83. The molecule has 1 aliphatic rings. The molecule has 0 spiro atoms. The van der Waals surface area contributed by atoms with E-state index in [0.29, 0.717) is 23.6 Å². The van der Waals surface area contributed by atoms with Gasteiger partial charge in [-0.1, -0.05) is 19.9 Å². The first-order valence-electron chi connectivity index (χ1n) is 6.43. The van der Waals surface area contributed by atoms with Gasteiger partial charge in [0.2, 0.25) is 0 Å². The molecule has 0 unspecified atom stereocenters. The molecule has 96 valence electrons. The molecule has 18 heavy (non-hydrogen) atoms. The van der Waals surface area contributed by atoms with Gasteiger partial charge in [-0.15, -0.1) is 0 Å². The van der Waals surface area contributed by atoms with Crippen LogP contribution < -0.4 is 5.32 Å². The molecular weight excluding hydrogens is 226 g/mol. The lowest BCUT2D eigenvalue weighted by molar-refractivity contribution is 0.0566. The van der Waals surface area contributed by atoms with E-state index in [1.54, 1.807) is 6.07 Å². The second kappa shape index (κ2) is 5.83. The molecule has 0 aromatic carbocycles. The van der Waals surface area contributed by atoms with Gasteiger partial charge >= 0.3 is 0 Å². The van der Waals surface area contributed by atoms with Gasteiger partial charge in [0.05, 0.1) is 6.10 Å². The highest BCUT2D eigenvalue weighted by atomic mass is 16.5. The van der Waals surface area contributed by atoms with Gasteiger partial charge in [0, 0.05) is 19.1 Å². The average molecular weight is 245 g/mol. The van der Waals surface area contributed by atoms with E-state index in [1.165, 1.54) is 0 Å². The minimum Gasteiger partial charge on any atom is -0.378 e. The highest BCUT2D eigenvalue weighted by molar-refractivity contribution is 5.38. The summed E-state index contributed by atoms with van der Waals surface area (Å²) in [7, 11) is 0. The van der Waals surface area contributed by atoms with Gasteiger partial charge in [0.15, 0.2) is 0 Å². The van der Waals surface area contributed by atoms with E-state index in [-0.39, 0.29) is 0 Å². The van der Waals surface area contributed by atoms with Gasteiger partial charge in [0.1, 0.15) is 17.6 Å². The third-order valence-electron chi connectivity index (χ3n) is 3.33. The van der Waals surface area contributed by atoms with Crippen LogP contribution in [0, 0.1) is 23.2 Å². The van der Waals surface area contributed by atoms with Crippen LogP contribution in [0.5, 0.6) is 0 Å². The predicted molar refractivity (Wildman–Crippen MR) is 70.1 cm³/mol. The molecule has 0 bridgehead atoms. The highest BCUT2D eigenvalue weighted by Crippen LogP contribution is 2.26. The molecule has 2 atom stereocenters. The summed E-state index contributed by atoms with van der Waals surface area (Å²) in [6, 6.07) is 7.49. The van der Waals surface area contributed by atoms with Crippen molar-refractivity contribution in [1.29, 1.82) is 5.26 Å². The highest BCUT2D eigenvalue weighted by Gasteiger charge is 2.30. The first kappa shape index (κ1) is 12.8. The number of nitrogens with one attached hydrogen (secondary N) is 1. The van der Waals surface area contributed by atoms with Crippen molar-refractivity contribution >= 4 is 5.82 Å². The zero-order valence-electron chi connectivity index (χ0n) is 10.9. The number of nitrogens with zero attached hydrogens (tertiary/aromatic N) is 2. The van der Waals surface area contributed by atoms with E-state index < -0.39 is 0 Å². The summed E-state index contributed by atoms with van der Waals surface area (Å²) in [5, 5.41) is 12.1. The Balaban J connectivity index is 1.93. The molecule has 2 heterocycles. The van der Waals surface area contributed by atoms with Gasteiger partial charge in [-0.2, -0.15) is 5.26 Å². The molecule has 0 aliphatic carbocycles. The topological polar surface area (TPSA) is 57.9 Å². The molecule has 2 rings (SSSR count). The van der Waals surface area contributed by atoms with E-state index in [4.69, 9.17) is 10.00 Å². The lowest BCUT2D eigenvalue weighted by Gasteiger charge is -2.22. The summed E-state index contributed by atoms with van der Waals surface area (Å²) >= 11 is 0. The quantitative estimate of drug-likeness (QED) is 0.885. The Labute approximate surface area is 108 Å². The largest absolute Gasteiger partial charge is 0.378 e. The van der Waals surface area contributed by atoms with E-state index in [1.807, 2.05) is 18.2 Å². The Morgan fingerprint density at radius 2 is 2.39 bits per heavy atom. The third-order valence-corrected chi connectivity index (χ3v) is 3.33. The molecule has 0 amide bonds. The van der Waals surface area contributed by atoms with Crippen molar-refractivity contribution in [3.8, 4) is 6.07 Å². The Morgan fingerprint density at radius 3 is 3.11 bits per heavy atom. The molecule has 1 aliphatic heterocycles. The van der Waals surface area contributed by atoms with Gasteiger partial charge < -0.3 is 10.1 Å². The molecule has 1 N–H and O–H groups in total. The summed E-state index contributed by atoms with van der Waals surface area (Å²) < 4.78 is 5.75. The van der Waals surface area contributed by atoms with Crippen molar-refractivity contribution in [2.45, 2.75) is 26.4 Å². The molecule has 0 radical (unpaired) electrons. The number of nitriles is 1. The van der Waals surface area contributed by atoms with Crippen molar-refractivity contribution in [1.82, 2.24) is 4.98 Å². The Kier molecular flexibility index (Phi) is 4.16. The zero-order chi connectivity index (χ0) is 13.0. The molecule has 1 fully saturated rings. The molecule has 4 nitrogen and oxygen atoms in total. The monoisotopic (exact) mass is 245 g/mol. The van der Waals surface area contributed by atoms with Crippen molar-refractivity contribution in [3.05, 3.63) is 23.9 Å². The maximum atomic E-state index is 8.80. The van der Waals surface area contributed by atoms with Crippen LogP contribution in [0.4, 0.5) is 5.82 Å². The number of hydrogen-bond donors (Lipinski definition) is 1. The fraction of sp³-hybridized carbons (Fsp3) is 0.571. The standard InChI is InChI=1S/C14H19N3O/c1-10(2)14-11(6-7-18-14)9-16-13-5-3-4-12(8-15)17-13/h3-5,10-11,14H,6-7,9H2,1-2H3,(H,16,17)/t11-,14-/m1/s1. The maximum Gasteiger partial charge on any atom is 0.142 e. The zero-order valence-corrected chi connectivity index (χ0v) is 10.9. The van der Waals surface area contributed by atoms with Crippen LogP contribution in [-0.4, -0.2) is 24.2 Å².